The van der Waals surface area contributed by atoms with Crippen LogP contribution >= 0.6 is 0 Å². The normalized spacial score (nSPS) is 11.6. The molecule has 0 aliphatic heterocycles. The van der Waals surface area contributed by atoms with Crippen molar-refractivity contribution in [3.63, 3.8) is 0 Å². The van der Waals surface area contributed by atoms with Crippen molar-refractivity contribution in [2.24, 2.45) is 0 Å². The van der Waals surface area contributed by atoms with Gasteiger partial charge in [0, 0.05) is 32.8 Å². The van der Waals surface area contributed by atoms with Gasteiger partial charge in [-0.25, -0.2) is 9.97 Å². The SMILES string of the molecule is c1ccc(-c2cccc(-c3ccc4c5ccccc5n(-c5ccc6c7ccccc7n(-c7cccc(-c8ccccc8)c7)c6n5)c4n3)c2)cc1. The number of hydrogen-bond donors (Lipinski definition) is 0. The van der Waals surface area contributed by atoms with Crippen LogP contribution < -0.4 is 0 Å². The Hall–Kier alpha value is -6.78. The molecule has 4 heteroatoms. The molecule has 0 aliphatic carbocycles. The fourth-order valence-electron chi connectivity index (χ4n) is 7.39. The van der Waals surface area contributed by atoms with Gasteiger partial charge >= 0.3 is 0 Å². The summed E-state index contributed by atoms with van der Waals surface area (Å²) in [5, 5.41) is 4.54. The molecule has 4 nitrogen and oxygen atoms in total. The molecule has 0 amide bonds. The second-order valence-corrected chi connectivity index (χ2v) is 12.7. The minimum atomic E-state index is 0.828. The van der Waals surface area contributed by atoms with E-state index < -0.39 is 0 Å². The minimum absolute atomic E-state index is 0.828. The van der Waals surface area contributed by atoms with Crippen molar-refractivity contribution in [2.45, 2.75) is 0 Å². The summed E-state index contributed by atoms with van der Waals surface area (Å²) in [6.45, 7) is 0. The predicted octanol–water partition coefficient (Wildman–Crippen LogP) is 11.7. The first-order chi connectivity index (χ1) is 24.8. The molecule has 0 unspecified atom stereocenters. The maximum absolute atomic E-state index is 5.48. The molecule has 50 heavy (non-hydrogen) atoms. The van der Waals surface area contributed by atoms with E-state index in [-0.39, 0.29) is 0 Å². The van der Waals surface area contributed by atoms with Gasteiger partial charge in [-0.15, -0.1) is 0 Å². The van der Waals surface area contributed by atoms with E-state index in [1.54, 1.807) is 0 Å². The van der Waals surface area contributed by atoms with Crippen molar-refractivity contribution in [2.75, 3.05) is 0 Å². The van der Waals surface area contributed by atoms with Crippen LogP contribution in [0.2, 0.25) is 0 Å². The third-order valence-corrected chi connectivity index (χ3v) is 9.74. The molecule has 10 rings (SSSR count). The van der Waals surface area contributed by atoms with Crippen LogP contribution in [0.15, 0.2) is 182 Å². The van der Waals surface area contributed by atoms with Gasteiger partial charge in [0.25, 0.3) is 0 Å². The van der Waals surface area contributed by atoms with Crippen LogP contribution in [-0.2, 0) is 0 Å². The molecule has 4 heterocycles. The predicted molar refractivity (Wildman–Crippen MR) is 207 cm³/mol. The molecule has 0 saturated carbocycles. The number of nitrogens with zero attached hydrogens (tertiary/aromatic N) is 4. The van der Waals surface area contributed by atoms with E-state index in [0.717, 1.165) is 61.2 Å². The molecule has 6 aromatic carbocycles. The summed E-state index contributed by atoms with van der Waals surface area (Å²) < 4.78 is 4.51. The highest BCUT2D eigenvalue weighted by Gasteiger charge is 2.19. The highest BCUT2D eigenvalue weighted by atomic mass is 15.1. The van der Waals surface area contributed by atoms with Crippen molar-refractivity contribution in [3.8, 4) is 45.0 Å². The lowest BCUT2D eigenvalue weighted by molar-refractivity contribution is 1.05. The van der Waals surface area contributed by atoms with Crippen molar-refractivity contribution < 1.29 is 0 Å². The van der Waals surface area contributed by atoms with Gasteiger partial charge < -0.3 is 0 Å². The van der Waals surface area contributed by atoms with Crippen LogP contribution in [0.4, 0.5) is 0 Å². The fraction of sp³-hybridized carbons (Fsp3) is 0. The Morgan fingerprint density at radius 1 is 0.320 bits per heavy atom. The lowest BCUT2D eigenvalue weighted by Gasteiger charge is -2.12. The zero-order valence-electron chi connectivity index (χ0n) is 27.1. The number of hydrogen-bond acceptors (Lipinski definition) is 2. The highest BCUT2D eigenvalue weighted by Crippen LogP contribution is 2.36. The molecule has 0 N–H and O–H groups in total. The smallest absolute Gasteiger partial charge is 0.148 e. The first-order valence-electron chi connectivity index (χ1n) is 16.9. The number of rotatable bonds is 5. The molecule has 0 radical (unpaired) electrons. The van der Waals surface area contributed by atoms with Gasteiger partial charge in [-0.1, -0.05) is 127 Å². The summed E-state index contributed by atoms with van der Waals surface area (Å²) in [5.41, 5.74) is 11.8. The maximum atomic E-state index is 5.48. The van der Waals surface area contributed by atoms with Crippen LogP contribution in [0, 0.1) is 0 Å². The summed E-state index contributed by atoms with van der Waals surface area (Å²) >= 11 is 0. The van der Waals surface area contributed by atoms with Crippen LogP contribution in [0.1, 0.15) is 0 Å². The summed E-state index contributed by atoms with van der Waals surface area (Å²) in [4.78, 5) is 10.8. The summed E-state index contributed by atoms with van der Waals surface area (Å²) in [6.07, 6.45) is 0. The molecule has 0 saturated heterocycles. The number of benzene rings is 6. The monoisotopic (exact) mass is 638 g/mol. The van der Waals surface area contributed by atoms with E-state index in [1.165, 1.54) is 27.6 Å². The van der Waals surface area contributed by atoms with Gasteiger partial charge in [0.15, 0.2) is 0 Å². The van der Waals surface area contributed by atoms with Crippen LogP contribution in [0.25, 0.3) is 88.9 Å². The van der Waals surface area contributed by atoms with E-state index in [9.17, 15) is 0 Å². The third-order valence-electron chi connectivity index (χ3n) is 9.74. The molecule has 10 aromatic rings. The fourth-order valence-corrected chi connectivity index (χ4v) is 7.39. The Morgan fingerprint density at radius 2 is 0.840 bits per heavy atom. The zero-order valence-corrected chi connectivity index (χ0v) is 27.1. The Balaban J connectivity index is 1.19. The van der Waals surface area contributed by atoms with Gasteiger partial charge in [-0.3, -0.25) is 9.13 Å². The lowest BCUT2D eigenvalue weighted by atomic mass is 10.0. The van der Waals surface area contributed by atoms with Crippen molar-refractivity contribution in [3.05, 3.63) is 182 Å². The van der Waals surface area contributed by atoms with E-state index in [1.807, 2.05) is 6.07 Å². The summed E-state index contributed by atoms with van der Waals surface area (Å²) in [7, 11) is 0. The molecular formula is C46H30N4. The molecule has 0 spiro atoms. The van der Waals surface area contributed by atoms with Crippen molar-refractivity contribution >= 4 is 43.9 Å². The summed E-state index contributed by atoms with van der Waals surface area (Å²) in [6, 6.07) is 64.2. The van der Waals surface area contributed by atoms with Crippen LogP contribution in [0.3, 0.4) is 0 Å². The Bertz CT molecular complexity index is 2860. The molecular weight excluding hydrogens is 609 g/mol. The standard InChI is InChI=1S/C46H30N4/c1-3-13-31(14-4-1)33-17-11-19-35(29-33)41-27-25-39-38-22-8-10-24-43(38)50(45(39)47-41)44-28-26-40-37-21-7-9-23-42(37)49(46(40)48-44)36-20-12-18-34(30-36)32-15-5-2-6-16-32/h1-30H. The third kappa shape index (κ3) is 4.54. The first kappa shape index (κ1) is 28.3. The Morgan fingerprint density at radius 3 is 1.54 bits per heavy atom. The molecule has 0 atom stereocenters. The average molecular weight is 639 g/mol. The molecule has 4 aromatic heterocycles. The highest BCUT2D eigenvalue weighted by molar-refractivity contribution is 6.10. The average Bonchev–Trinajstić information content (AvgIpc) is 3.71. The van der Waals surface area contributed by atoms with E-state index in [0.29, 0.717) is 0 Å². The van der Waals surface area contributed by atoms with Gasteiger partial charge in [0.1, 0.15) is 17.1 Å². The van der Waals surface area contributed by atoms with Crippen molar-refractivity contribution in [1.29, 1.82) is 0 Å². The van der Waals surface area contributed by atoms with Gasteiger partial charge in [-0.2, -0.15) is 0 Å². The van der Waals surface area contributed by atoms with Gasteiger partial charge in [0.2, 0.25) is 0 Å². The lowest BCUT2D eigenvalue weighted by Crippen LogP contribution is -2.02. The van der Waals surface area contributed by atoms with Gasteiger partial charge in [-0.05, 0) is 76.9 Å². The minimum Gasteiger partial charge on any atom is -0.294 e. The van der Waals surface area contributed by atoms with Crippen LogP contribution in [-0.4, -0.2) is 19.1 Å². The van der Waals surface area contributed by atoms with E-state index in [2.05, 4.69) is 185 Å². The second kappa shape index (κ2) is 11.4. The quantitative estimate of drug-likeness (QED) is 0.188. The summed E-state index contributed by atoms with van der Waals surface area (Å²) in [5.74, 6) is 0.828. The zero-order chi connectivity index (χ0) is 33.0. The number of fused-ring (bicyclic) bond motifs is 6. The van der Waals surface area contributed by atoms with Crippen LogP contribution in [0.5, 0.6) is 0 Å². The molecule has 0 aliphatic rings. The Kier molecular flexibility index (Phi) is 6.46. The van der Waals surface area contributed by atoms with E-state index >= 15 is 0 Å². The number of pyridine rings is 2. The Labute approximate surface area is 289 Å². The maximum Gasteiger partial charge on any atom is 0.148 e. The number of para-hydroxylation sites is 2. The van der Waals surface area contributed by atoms with Crippen molar-refractivity contribution in [1.82, 2.24) is 19.1 Å². The van der Waals surface area contributed by atoms with E-state index in [4.69, 9.17) is 9.97 Å². The number of aromatic nitrogens is 4. The molecule has 0 bridgehead atoms. The topological polar surface area (TPSA) is 35.6 Å². The molecule has 0 fully saturated rings. The second-order valence-electron chi connectivity index (χ2n) is 12.7. The first-order valence-corrected chi connectivity index (χ1v) is 16.9. The molecule has 234 valence electrons. The van der Waals surface area contributed by atoms with Gasteiger partial charge in [0.05, 0.1) is 16.7 Å². The largest absolute Gasteiger partial charge is 0.294 e.